The van der Waals surface area contributed by atoms with Crippen LogP contribution in [0.5, 0.6) is 5.19 Å². The molecule has 0 aromatic carbocycles. The van der Waals surface area contributed by atoms with E-state index in [1.807, 2.05) is 0 Å². The molecular weight excluding hydrogens is 220 g/mol. The van der Waals surface area contributed by atoms with E-state index < -0.39 is 6.09 Å². The topological polar surface area (TPSA) is 79.7 Å². The number of methoxy groups -OCH3 is 1. The van der Waals surface area contributed by atoms with Crippen LogP contribution in [0.15, 0.2) is 0 Å². The standard InChI is InChI=1S/C8H8N2O4S/c1-14-7-9-4-2-10(8(12)13)3-5(11)6(4)15-7/h2-3H2,1H3,(H,12,13). The van der Waals surface area contributed by atoms with E-state index in [2.05, 4.69) is 4.98 Å². The van der Waals surface area contributed by atoms with Gasteiger partial charge in [-0.05, 0) is 0 Å². The molecule has 15 heavy (non-hydrogen) atoms. The Labute approximate surface area is 89.1 Å². The SMILES string of the molecule is COc1nc2c(s1)C(=O)CN(C(=O)O)C2. The molecule has 1 aromatic rings. The summed E-state index contributed by atoms with van der Waals surface area (Å²) in [4.78, 5) is 27.8. The molecule has 0 atom stereocenters. The molecular formula is C8H8N2O4S. The predicted octanol–water partition coefficient (Wildman–Crippen LogP) is 0.828. The number of carboxylic acid groups (broad SMARTS) is 1. The highest BCUT2D eigenvalue weighted by molar-refractivity contribution is 7.15. The van der Waals surface area contributed by atoms with Crippen LogP contribution in [0.25, 0.3) is 0 Å². The van der Waals surface area contributed by atoms with Crippen LogP contribution in [0.4, 0.5) is 4.79 Å². The van der Waals surface area contributed by atoms with Gasteiger partial charge in [-0.2, -0.15) is 0 Å². The number of rotatable bonds is 1. The van der Waals surface area contributed by atoms with Gasteiger partial charge in [0.15, 0.2) is 5.78 Å². The zero-order chi connectivity index (χ0) is 11.0. The third-order valence-electron chi connectivity index (χ3n) is 2.05. The van der Waals surface area contributed by atoms with Crippen molar-refractivity contribution in [2.45, 2.75) is 6.54 Å². The molecule has 0 spiro atoms. The minimum absolute atomic E-state index is 0.103. The average Bonchev–Trinajstić information content (AvgIpc) is 2.61. The largest absolute Gasteiger partial charge is 0.473 e. The number of ether oxygens (including phenoxy) is 1. The molecule has 2 rings (SSSR count). The molecule has 1 aromatic heterocycles. The summed E-state index contributed by atoms with van der Waals surface area (Å²) in [6.07, 6.45) is -1.11. The van der Waals surface area contributed by atoms with Crippen LogP contribution in [0.3, 0.4) is 0 Å². The van der Waals surface area contributed by atoms with Gasteiger partial charge >= 0.3 is 6.09 Å². The molecule has 6 nitrogen and oxygen atoms in total. The van der Waals surface area contributed by atoms with Crippen LogP contribution in [-0.2, 0) is 6.54 Å². The summed E-state index contributed by atoms with van der Waals surface area (Å²) < 4.78 is 4.90. The molecule has 0 aliphatic carbocycles. The van der Waals surface area contributed by atoms with Crippen molar-refractivity contribution in [2.75, 3.05) is 13.7 Å². The van der Waals surface area contributed by atoms with Gasteiger partial charge in [0.05, 0.1) is 25.9 Å². The van der Waals surface area contributed by atoms with Gasteiger partial charge in [0, 0.05) is 0 Å². The fourth-order valence-corrected chi connectivity index (χ4v) is 2.18. The van der Waals surface area contributed by atoms with Crippen molar-refractivity contribution in [3.63, 3.8) is 0 Å². The van der Waals surface area contributed by atoms with Crippen LogP contribution < -0.4 is 4.74 Å². The zero-order valence-electron chi connectivity index (χ0n) is 7.89. The van der Waals surface area contributed by atoms with E-state index in [9.17, 15) is 9.59 Å². The number of ketones is 1. The summed E-state index contributed by atoms with van der Waals surface area (Å²) in [6, 6.07) is 0. The smallest absolute Gasteiger partial charge is 0.408 e. The normalized spacial score (nSPS) is 15.0. The van der Waals surface area contributed by atoms with E-state index in [1.165, 1.54) is 7.11 Å². The van der Waals surface area contributed by atoms with Crippen molar-refractivity contribution in [1.29, 1.82) is 0 Å². The Bertz CT molecular complexity index is 428. The Morgan fingerprint density at radius 3 is 2.93 bits per heavy atom. The summed E-state index contributed by atoms with van der Waals surface area (Å²) >= 11 is 1.15. The highest BCUT2D eigenvalue weighted by Crippen LogP contribution is 2.29. The predicted molar refractivity (Wildman–Crippen MR) is 51.4 cm³/mol. The van der Waals surface area contributed by atoms with Crippen molar-refractivity contribution >= 4 is 23.2 Å². The first-order valence-electron chi connectivity index (χ1n) is 4.16. The summed E-state index contributed by atoms with van der Waals surface area (Å²) in [7, 11) is 1.46. The van der Waals surface area contributed by atoms with Crippen LogP contribution in [0.2, 0.25) is 0 Å². The third kappa shape index (κ3) is 1.65. The highest BCUT2D eigenvalue weighted by Gasteiger charge is 2.29. The maximum Gasteiger partial charge on any atom is 0.408 e. The molecule has 1 N–H and O–H groups in total. The van der Waals surface area contributed by atoms with Crippen molar-refractivity contribution in [1.82, 2.24) is 9.88 Å². The average molecular weight is 228 g/mol. The maximum absolute atomic E-state index is 11.5. The lowest BCUT2D eigenvalue weighted by Gasteiger charge is -2.21. The number of aromatic nitrogens is 1. The molecule has 0 saturated heterocycles. The summed E-state index contributed by atoms with van der Waals surface area (Å²) in [5.41, 5.74) is 0.482. The van der Waals surface area contributed by atoms with E-state index in [4.69, 9.17) is 9.84 Å². The van der Waals surface area contributed by atoms with Gasteiger partial charge < -0.3 is 9.84 Å². The van der Waals surface area contributed by atoms with Crippen molar-refractivity contribution in [3.8, 4) is 5.19 Å². The Kier molecular flexibility index (Phi) is 2.31. The first-order chi connectivity index (χ1) is 7.11. The Morgan fingerprint density at radius 1 is 1.60 bits per heavy atom. The lowest BCUT2D eigenvalue weighted by Crippen LogP contribution is -2.38. The molecule has 7 heteroatoms. The quantitative estimate of drug-likeness (QED) is 0.770. The molecule has 0 fully saturated rings. The van der Waals surface area contributed by atoms with E-state index in [0.717, 1.165) is 16.2 Å². The molecule has 80 valence electrons. The summed E-state index contributed by atoms with van der Waals surface area (Å²) in [5, 5.41) is 9.15. The van der Waals surface area contributed by atoms with Gasteiger partial charge in [-0.3, -0.25) is 9.69 Å². The lowest BCUT2D eigenvalue weighted by atomic mass is 10.2. The Hall–Kier alpha value is -1.63. The van der Waals surface area contributed by atoms with Crippen LogP contribution in [-0.4, -0.2) is 40.5 Å². The Balaban J connectivity index is 2.34. The second-order valence-electron chi connectivity index (χ2n) is 3.02. The molecule has 1 amide bonds. The number of carbonyl (C=O) groups excluding carboxylic acids is 1. The minimum Gasteiger partial charge on any atom is -0.473 e. The highest BCUT2D eigenvalue weighted by atomic mass is 32.1. The van der Waals surface area contributed by atoms with Gasteiger partial charge in [-0.25, -0.2) is 9.78 Å². The van der Waals surface area contributed by atoms with Gasteiger partial charge in [0.2, 0.25) is 0 Å². The molecule has 0 saturated carbocycles. The number of thiazole rings is 1. The van der Waals surface area contributed by atoms with Crippen molar-refractivity contribution in [3.05, 3.63) is 10.6 Å². The van der Waals surface area contributed by atoms with Gasteiger partial charge in [-0.1, -0.05) is 11.3 Å². The van der Waals surface area contributed by atoms with Crippen LogP contribution >= 0.6 is 11.3 Å². The second kappa shape index (κ2) is 3.50. The van der Waals surface area contributed by atoms with Gasteiger partial charge in [0.1, 0.15) is 4.88 Å². The number of Topliss-reactive ketones (excluding diaryl/α,β-unsaturated/α-hetero) is 1. The molecule has 2 heterocycles. The maximum atomic E-state index is 11.5. The molecule has 0 unspecified atom stereocenters. The van der Waals surface area contributed by atoms with Crippen molar-refractivity contribution in [2.24, 2.45) is 0 Å². The second-order valence-corrected chi connectivity index (χ2v) is 3.98. The summed E-state index contributed by atoms with van der Waals surface area (Å²) in [5.74, 6) is -0.223. The molecule has 1 aliphatic heterocycles. The minimum atomic E-state index is -1.11. The fraction of sp³-hybridized carbons (Fsp3) is 0.375. The first-order valence-corrected chi connectivity index (χ1v) is 4.98. The zero-order valence-corrected chi connectivity index (χ0v) is 8.71. The van der Waals surface area contributed by atoms with Crippen molar-refractivity contribution < 1.29 is 19.4 Å². The first kappa shape index (κ1) is 9.91. The molecule has 0 bridgehead atoms. The number of carbonyl (C=O) groups is 2. The van der Waals surface area contributed by atoms with E-state index in [1.54, 1.807) is 0 Å². The van der Waals surface area contributed by atoms with E-state index in [-0.39, 0.29) is 18.9 Å². The number of nitrogens with zero attached hydrogens (tertiary/aromatic N) is 2. The summed E-state index contributed by atoms with van der Waals surface area (Å²) in [6.45, 7) is 0.0456. The third-order valence-corrected chi connectivity index (χ3v) is 3.15. The van der Waals surface area contributed by atoms with Crippen LogP contribution in [0.1, 0.15) is 15.4 Å². The number of hydrogen-bond acceptors (Lipinski definition) is 5. The van der Waals surface area contributed by atoms with Crippen LogP contribution in [0, 0.1) is 0 Å². The van der Waals surface area contributed by atoms with Gasteiger partial charge in [0.25, 0.3) is 5.19 Å². The monoisotopic (exact) mass is 228 g/mol. The molecule has 1 aliphatic rings. The Morgan fingerprint density at radius 2 is 2.33 bits per heavy atom. The van der Waals surface area contributed by atoms with E-state index in [0.29, 0.717) is 15.8 Å². The number of fused-ring (bicyclic) bond motifs is 1. The number of amides is 1. The fourth-order valence-electron chi connectivity index (χ4n) is 1.36. The van der Waals surface area contributed by atoms with E-state index >= 15 is 0 Å². The lowest BCUT2D eigenvalue weighted by molar-refractivity contribution is 0.0877. The molecule has 0 radical (unpaired) electrons. The number of hydrogen-bond donors (Lipinski definition) is 1. The van der Waals surface area contributed by atoms with Gasteiger partial charge in [-0.15, -0.1) is 0 Å².